The molecule has 0 spiro atoms. The predicted molar refractivity (Wildman–Crippen MR) is 146 cm³/mol. The number of benzene rings is 2. The number of likely N-dealkylation sites (tertiary alicyclic amines) is 1. The van der Waals surface area contributed by atoms with Crippen LogP contribution in [0.15, 0.2) is 42.5 Å². The van der Waals surface area contributed by atoms with E-state index in [9.17, 15) is 9.90 Å². The molecular weight excluding hydrogens is 474 g/mol. The molecule has 1 heterocycles. The largest absolute Gasteiger partial charge is 0.463 e. The minimum absolute atomic E-state index is 0.175. The van der Waals surface area contributed by atoms with Gasteiger partial charge in [0, 0.05) is 23.7 Å². The zero-order valence-electron chi connectivity index (χ0n) is 22.0. The lowest BCUT2D eigenvalue weighted by Crippen LogP contribution is -2.39. The summed E-state index contributed by atoms with van der Waals surface area (Å²) in [5.41, 5.74) is 5.37. The number of carbonyl (C=O) groups is 1. The summed E-state index contributed by atoms with van der Waals surface area (Å²) in [6.07, 6.45) is 6.46. The fourth-order valence-corrected chi connectivity index (χ4v) is 5.14. The number of hydrogen-bond donors (Lipinski definition) is 1. The van der Waals surface area contributed by atoms with Crippen molar-refractivity contribution in [2.45, 2.75) is 71.6 Å². The highest BCUT2D eigenvalue weighted by atomic mass is 35.5. The van der Waals surface area contributed by atoms with Crippen LogP contribution in [0, 0.1) is 13.8 Å². The molecule has 5 nitrogen and oxygen atoms in total. The molecule has 0 bridgehead atoms. The normalized spacial score (nSPS) is 18.0. The highest BCUT2D eigenvalue weighted by Gasteiger charge is 2.27. The zero-order valence-corrected chi connectivity index (χ0v) is 22.8. The second-order valence-electron chi connectivity index (χ2n) is 9.63. The molecule has 1 fully saturated rings. The van der Waals surface area contributed by atoms with E-state index in [1.54, 1.807) is 13.0 Å². The molecule has 196 valence electrons. The van der Waals surface area contributed by atoms with Crippen molar-refractivity contribution in [2.75, 3.05) is 26.3 Å². The van der Waals surface area contributed by atoms with E-state index >= 15 is 0 Å². The Labute approximate surface area is 221 Å². The van der Waals surface area contributed by atoms with E-state index in [0.29, 0.717) is 19.2 Å². The van der Waals surface area contributed by atoms with Gasteiger partial charge in [0.25, 0.3) is 0 Å². The van der Waals surface area contributed by atoms with Gasteiger partial charge in [0.2, 0.25) is 0 Å². The summed E-state index contributed by atoms with van der Waals surface area (Å²) in [4.78, 5) is 14.2. The molecule has 0 saturated carbocycles. The average molecular weight is 514 g/mol. The molecule has 1 aliphatic rings. The third kappa shape index (κ3) is 7.91. The van der Waals surface area contributed by atoms with Crippen LogP contribution in [-0.2, 0) is 20.7 Å². The molecule has 36 heavy (non-hydrogen) atoms. The van der Waals surface area contributed by atoms with Gasteiger partial charge < -0.3 is 14.6 Å². The summed E-state index contributed by atoms with van der Waals surface area (Å²) in [6, 6.07) is 12.7. The Morgan fingerprint density at radius 1 is 1.22 bits per heavy atom. The second kappa shape index (κ2) is 13.9. The smallest absolute Gasteiger partial charge is 0.330 e. The van der Waals surface area contributed by atoms with Gasteiger partial charge in [0.05, 0.1) is 25.4 Å². The van der Waals surface area contributed by atoms with Crippen molar-refractivity contribution in [3.05, 3.63) is 75.3 Å². The number of β-amino-alcohol motifs (C(OH)–C–C–N with tert-alkyl or cyclic N) is 1. The fraction of sp³-hybridized carbons (Fsp3) is 0.500. The number of halogens is 1. The monoisotopic (exact) mass is 513 g/mol. The zero-order chi connectivity index (χ0) is 26.1. The van der Waals surface area contributed by atoms with Crippen LogP contribution in [-0.4, -0.2) is 54.4 Å². The summed E-state index contributed by atoms with van der Waals surface area (Å²) in [5.74, 6) is -0.357. The lowest BCUT2D eigenvalue weighted by molar-refractivity contribution is -0.137. The quantitative estimate of drug-likeness (QED) is 0.276. The molecule has 1 saturated heterocycles. The molecule has 0 aliphatic carbocycles. The molecule has 6 heteroatoms. The third-order valence-corrected chi connectivity index (χ3v) is 7.30. The summed E-state index contributed by atoms with van der Waals surface area (Å²) in [5, 5.41) is 11.7. The van der Waals surface area contributed by atoms with Crippen molar-refractivity contribution in [2.24, 2.45) is 0 Å². The first-order valence-electron chi connectivity index (χ1n) is 13.0. The van der Waals surface area contributed by atoms with E-state index in [1.807, 2.05) is 32.0 Å². The van der Waals surface area contributed by atoms with Gasteiger partial charge in [0.1, 0.15) is 0 Å². The van der Waals surface area contributed by atoms with Crippen molar-refractivity contribution >= 4 is 23.6 Å². The molecule has 1 aliphatic heterocycles. The van der Waals surface area contributed by atoms with Crippen molar-refractivity contribution in [3.8, 4) is 0 Å². The first-order valence-corrected chi connectivity index (χ1v) is 13.4. The Bertz CT molecular complexity index is 1040. The van der Waals surface area contributed by atoms with Crippen LogP contribution >= 0.6 is 11.6 Å². The first-order chi connectivity index (χ1) is 17.3. The predicted octanol–water partition coefficient (Wildman–Crippen LogP) is 6.07. The van der Waals surface area contributed by atoms with Gasteiger partial charge in [0.15, 0.2) is 0 Å². The number of ether oxygens (including phenoxy) is 2. The molecule has 0 aromatic heterocycles. The van der Waals surface area contributed by atoms with Crippen LogP contribution in [0.2, 0.25) is 5.02 Å². The number of aryl methyl sites for hydroxylation is 2. The molecule has 2 aromatic rings. The molecule has 0 unspecified atom stereocenters. The van der Waals surface area contributed by atoms with Crippen LogP contribution < -0.4 is 0 Å². The van der Waals surface area contributed by atoms with Gasteiger partial charge in [-0.1, -0.05) is 48.9 Å². The van der Waals surface area contributed by atoms with E-state index in [1.165, 1.54) is 11.6 Å². The number of aliphatic hydroxyl groups excluding tert-OH is 1. The summed E-state index contributed by atoms with van der Waals surface area (Å²) in [7, 11) is 0. The highest BCUT2D eigenvalue weighted by Crippen LogP contribution is 2.29. The minimum atomic E-state index is -0.579. The second-order valence-corrected chi connectivity index (χ2v) is 10.0. The SMILES string of the molecule is CCOC(=O)C=Cc1c(C)cccc1[C@@H](CC)OC[C@H](O)CN1CCC[C@H]1Cc1ccc(C)c(Cl)c1. The number of esters is 1. The highest BCUT2D eigenvalue weighted by molar-refractivity contribution is 6.31. The van der Waals surface area contributed by atoms with Gasteiger partial charge in [-0.05, 0) is 93.0 Å². The van der Waals surface area contributed by atoms with Gasteiger partial charge in [-0.2, -0.15) is 0 Å². The fourth-order valence-electron chi connectivity index (χ4n) is 4.93. The van der Waals surface area contributed by atoms with Gasteiger partial charge >= 0.3 is 5.97 Å². The molecule has 1 N–H and O–H groups in total. The summed E-state index contributed by atoms with van der Waals surface area (Å²) in [6.45, 7) is 10.1. The van der Waals surface area contributed by atoms with Gasteiger partial charge in [-0.15, -0.1) is 0 Å². The Morgan fingerprint density at radius 3 is 2.75 bits per heavy atom. The number of rotatable bonds is 12. The van der Waals surface area contributed by atoms with Gasteiger partial charge in [-0.3, -0.25) is 4.90 Å². The van der Waals surface area contributed by atoms with E-state index < -0.39 is 6.10 Å². The van der Waals surface area contributed by atoms with Crippen LogP contribution in [0.5, 0.6) is 0 Å². The van der Waals surface area contributed by atoms with Crippen molar-refractivity contribution in [3.63, 3.8) is 0 Å². The van der Waals surface area contributed by atoms with Crippen LogP contribution in [0.4, 0.5) is 0 Å². The van der Waals surface area contributed by atoms with Crippen LogP contribution in [0.3, 0.4) is 0 Å². The number of hydrogen-bond acceptors (Lipinski definition) is 5. The molecule has 2 aromatic carbocycles. The average Bonchev–Trinajstić information content (AvgIpc) is 3.27. The Kier molecular flexibility index (Phi) is 11.0. The molecule has 0 radical (unpaired) electrons. The van der Waals surface area contributed by atoms with E-state index in [0.717, 1.165) is 59.5 Å². The van der Waals surface area contributed by atoms with Crippen molar-refractivity contribution in [1.82, 2.24) is 4.90 Å². The van der Waals surface area contributed by atoms with E-state index in [-0.39, 0.29) is 18.7 Å². The standard InChI is InChI=1S/C30H40ClNO4/c1-5-29(27-11-7-9-21(3)26(27)14-15-30(34)35-6-2)36-20-25(33)19-32-16-8-10-24(32)17-23-13-12-22(4)28(31)18-23/h7,9,11-15,18,24-25,29,33H,5-6,8,10,16-17,19-20H2,1-4H3/t24-,25+,29+/m0/s1. The molecule has 3 rings (SSSR count). The van der Waals surface area contributed by atoms with E-state index in [2.05, 4.69) is 30.0 Å². The molecule has 0 amide bonds. The maximum Gasteiger partial charge on any atom is 0.330 e. The molecular formula is C30H40ClNO4. The van der Waals surface area contributed by atoms with Gasteiger partial charge in [-0.25, -0.2) is 4.79 Å². The topological polar surface area (TPSA) is 59.0 Å². The number of nitrogens with zero attached hydrogens (tertiary/aromatic N) is 1. The summed E-state index contributed by atoms with van der Waals surface area (Å²) < 4.78 is 11.3. The maximum atomic E-state index is 11.8. The molecule has 3 atom stereocenters. The third-order valence-electron chi connectivity index (χ3n) is 6.89. The Hall–Kier alpha value is -2.18. The van der Waals surface area contributed by atoms with Crippen molar-refractivity contribution in [1.29, 1.82) is 0 Å². The minimum Gasteiger partial charge on any atom is -0.463 e. The summed E-state index contributed by atoms with van der Waals surface area (Å²) >= 11 is 6.33. The Morgan fingerprint density at radius 2 is 2.03 bits per heavy atom. The number of carbonyl (C=O) groups excluding carboxylic acids is 1. The lowest BCUT2D eigenvalue weighted by atomic mass is 9.96. The lowest BCUT2D eigenvalue weighted by Gasteiger charge is -2.28. The van der Waals surface area contributed by atoms with Crippen molar-refractivity contribution < 1.29 is 19.4 Å². The van der Waals surface area contributed by atoms with E-state index in [4.69, 9.17) is 21.1 Å². The van der Waals surface area contributed by atoms with Crippen LogP contribution in [0.25, 0.3) is 6.08 Å². The van der Waals surface area contributed by atoms with Crippen LogP contribution in [0.1, 0.15) is 67.0 Å². The Balaban J connectivity index is 1.60. The first kappa shape index (κ1) is 28.4. The number of aliphatic hydroxyl groups is 1. The maximum absolute atomic E-state index is 11.8.